The van der Waals surface area contributed by atoms with E-state index in [9.17, 15) is 9.59 Å². The molecular formula is C32H35N5O4S. The molecule has 218 valence electrons. The van der Waals surface area contributed by atoms with Crippen molar-refractivity contribution in [1.82, 2.24) is 10.6 Å². The van der Waals surface area contributed by atoms with Crippen molar-refractivity contribution in [3.63, 3.8) is 0 Å². The first kappa shape index (κ1) is 28.2. The highest BCUT2D eigenvalue weighted by atomic mass is 32.1. The number of Topliss-reactive ketones (excluding diaryl/α,β-unsaturated/α-hetero) is 1. The van der Waals surface area contributed by atoms with Gasteiger partial charge in [0.2, 0.25) is 0 Å². The van der Waals surface area contributed by atoms with Crippen molar-refractivity contribution in [2.75, 3.05) is 25.4 Å². The first-order valence-electron chi connectivity index (χ1n) is 14.2. The van der Waals surface area contributed by atoms with E-state index in [0.29, 0.717) is 67.7 Å². The van der Waals surface area contributed by atoms with Crippen molar-refractivity contribution in [1.29, 1.82) is 0 Å². The molecule has 3 unspecified atom stereocenters. The topological polar surface area (TPSA) is 155 Å². The Morgan fingerprint density at radius 3 is 2.62 bits per heavy atom. The number of nitrogen functional groups attached to an aromatic ring is 1. The van der Waals surface area contributed by atoms with Crippen LogP contribution in [0.15, 0.2) is 54.6 Å². The number of anilines is 1. The molecule has 10 heteroatoms. The van der Waals surface area contributed by atoms with E-state index in [2.05, 4.69) is 10.6 Å². The van der Waals surface area contributed by atoms with E-state index in [1.54, 1.807) is 18.2 Å². The second-order valence-electron chi connectivity index (χ2n) is 10.9. The fourth-order valence-electron chi connectivity index (χ4n) is 6.13. The molecule has 3 atom stereocenters. The van der Waals surface area contributed by atoms with Crippen molar-refractivity contribution in [3.05, 3.63) is 81.7 Å². The molecule has 2 heterocycles. The number of rotatable bonds is 7. The molecule has 4 aromatic rings. The summed E-state index contributed by atoms with van der Waals surface area (Å²) in [6.45, 7) is 5.95. The first-order valence-corrected chi connectivity index (χ1v) is 15.0. The van der Waals surface area contributed by atoms with Crippen LogP contribution in [0.1, 0.15) is 57.7 Å². The molecule has 9 nitrogen and oxygen atoms in total. The maximum atomic E-state index is 14.2. The standard InChI is InChI=1S/C32H35N5O4S/c1-3-40-23-8-4-5-9-24(23)41-19-10-11-20(17(2)15-19)32(35)21-12-13-22(33)28-25(21)26(27(34)30(32)38)29(42-28)31(39)37-18-7-6-14-36-16-18/h4-5,8-13,15,18,27,36H,3,6-7,14,16,33-35H2,1-2H3,(H,37,39). The summed E-state index contributed by atoms with van der Waals surface area (Å²) >= 11 is 1.26. The van der Waals surface area contributed by atoms with Gasteiger partial charge in [-0.1, -0.05) is 24.3 Å². The molecule has 0 spiro atoms. The zero-order chi connectivity index (χ0) is 29.6. The highest BCUT2D eigenvalue weighted by Gasteiger charge is 2.49. The minimum Gasteiger partial charge on any atom is -0.490 e. The number of hydrogen-bond acceptors (Lipinski definition) is 9. The summed E-state index contributed by atoms with van der Waals surface area (Å²) in [4.78, 5) is 28.1. The Kier molecular flexibility index (Phi) is 7.40. The Labute approximate surface area is 248 Å². The Hall–Kier alpha value is -3.96. The molecule has 0 bridgehead atoms. The summed E-state index contributed by atoms with van der Waals surface area (Å²) in [5, 5.41) is 7.11. The molecule has 1 aliphatic carbocycles. The maximum Gasteiger partial charge on any atom is 0.262 e. The van der Waals surface area contributed by atoms with Crippen LogP contribution < -0.4 is 37.3 Å². The maximum absolute atomic E-state index is 14.2. The molecule has 1 amide bonds. The summed E-state index contributed by atoms with van der Waals surface area (Å²) in [5.74, 6) is 1.17. The van der Waals surface area contributed by atoms with Crippen LogP contribution in [0, 0.1) is 6.92 Å². The number of nitrogens with one attached hydrogen (secondary N) is 2. The molecule has 0 radical (unpaired) electrons. The van der Waals surface area contributed by atoms with Crippen LogP contribution in [0.2, 0.25) is 0 Å². The van der Waals surface area contributed by atoms with E-state index in [-0.39, 0.29) is 17.7 Å². The summed E-state index contributed by atoms with van der Waals surface area (Å²) in [6.07, 6.45) is 1.87. The number of benzene rings is 3. The van der Waals surface area contributed by atoms with Crippen molar-refractivity contribution in [2.24, 2.45) is 11.5 Å². The van der Waals surface area contributed by atoms with Crippen molar-refractivity contribution in [2.45, 2.75) is 44.3 Å². The smallest absolute Gasteiger partial charge is 0.262 e. The van der Waals surface area contributed by atoms with Crippen LogP contribution in [0.25, 0.3) is 10.1 Å². The molecule has 1 aliphatic heterocycles. The Balaban J connectivity index is 1.41. The van der Waals surface area contributed by atoms with E-state index in [0.717, 1.165) is 24.9 Å². The van der Waals surface area contributed by atoms with Crippen LogP contribution in [-0.2, 0) is 10.3 Å². The summed E-state index contributed by atoms with van der Waals surface area (Å²) in [5.41, 5.74) is 21.6. The predicted octanol–water partition coefficient (Wildman–Crippen LogP) is 4.25. The molecule has 42 heavy (non-hydrogen) atoms. The summed E-state index contributed by atoms with van der Waals surface area (Å²) in [7, 11) is 0. The van der Waals surface area contributed by atoms with Gasteiger partial charge < -0.3 is 37.3 Å². The van der Waals surface area contributed by atoms with Crippen molar-refractivity contribution >= 4 is 38.8 Å². The molecule has 1 saturated heterocycles. The largest absolute Gasteiger partial charge is 0.490 e. The number of amides is 1. The van der Waals surface area contributed by atoms with Gasteiger partial charge in [-0.3, -0.25) is 9.59 Å². The number of ketones is 1. The quantitative estimate of drug-likeness (QED) is 0.202. The molecule has 6 rings (SSSR count). The summed E-state index contributed by atoms with van der Waals surface area (Å²) < 4.78 is 12.5. The zero-order valence-corrected chi connectivity index (χ0v) is 24.5. The fourth-order valence-corrected chi connectivity index (χ4v) is 7.33. The van der Waals surface area contributed by atoms with Gasteiger partial charge in [0.25, 0.3) is 5.91 Å². The van der Waals surface area contributed by atoms with Crippen molar-refractivity contribution in [3.8, 4) is 17.2 Å². The van der Waals surface area contributed by atoms with Gasteiger partial charge in [-0.2, -0.15) is 0 Å². The normalized spacial score (nSPS) is 21.8. The van der Waals surface area contributed by atoms with Gasteiger partial charge in [-0.25, -0.2) is 0 Å². The van der Waals surface area contributed by atoms with Crippen LogP contribution in [-0.4, -0.2) is 37.4 Å². The monoisotopic (exact) mass is 585 g/mol. The fraction of sp³-hybridized carbons (Fsp3) is 0.312. The van der Waals surface area contributed by atoms with Gasteiger partial charge >= 0.3 is 0 Å². The van der Waals surface area contributed by atoms with Gasteiger partial charge in [0.1, 0.15) is 11.3 Å². The van der Waals surface area contributed by atoms with Gasteiger partial charge in [0.15, 0.2) is 17.3 Å². The van der Waals surface area contributed by atoms with Gasteiger partial charge in [-0.05, 0) is 80.3 Å². The lowest BCUT2D eigenvalue weighted by Gasteiger charge is -2.37. The Morgan fingerprint density at radius 1 is 1.14 bits per heavy atom. The van der Waals surface area contributed by atoms with Crippen LogP contribution >= 0.6 is 11.3 Å². The number of hydrogen-bond donors (Lipinski definition) is 5. The molecule has 3 aromatic carbocycles. The molecule has 1 aromatic heterocycles. The molecule has 2 aliphatic rings. The van der Waals surface area contributed by atoms with E-state index in [4.69, 9.17) is 26.7 Å². The Bertz CT molecular complexity index is 1700. The highest BCUT2D eigenvalue weighted by molar-refractivity contribution is 7.21. The SMILES string of the molecule is CCOc1ccccc1Oc1ccc(C2(N)C(=O)C(N)c3c(C(=O)NC4CCCNC4)sc4c(N)ccc2c34)c(C)c1. The van der Waals surface area contributed by atoms with Crippen LogP contribution in [0.3, 0.4) is 0 Å². The number of carbonyl (C=O) groups excluding carboxylic acids is 2. The number of ether oxygens (including phenoxy) is 2. The number of piperidine rings is 1. The third-order valence-electron chi connectivity index (χ3n) is 8.15. The van der Waals surface area contributed by atoms with Gasteiger partial charge in [0.05, 0.1) is 22.2 Å². The Morgan fingerprint density at radius 2 is 1.90 bits per heavy atom. The van der Waals surface area contributed by atoms with Crippen molar-refractivity contribution < 1.29 is 19.1 Å². The molecule has 1 fully saturated rings. The van der Waals surface area contributed by atoms with E-state index in [1.807, 2.05) is 50.2 Å². The number of aryl methyl sites for hydroxylation is 1. The lowest BCUT2D eigenvalue weighted by molar-refractivity contribution is -0.124. The number of para-hydroxylation sites is 2. The number of nitrogens with two attached hydrogens (primary N) is 3. The van der Waals surface area contributed by atoms with E-state index < -0.39 is 11.6 Å². The summed E-state index contributed by atoms with van der Waals surface area (Å²) in [6, 6.07) is 15.3. The van der Waals surface area contributed by atoms with Gasteiger partial charge in [-0.15, -0.1) is 11.3 Å². The van der Waals surface area contributed by atoms with Crippen LogP contribution in [0.5, 0.6) is 17.2 Å². The minimum absolute atomic E-state index is 0.00785. The lowest BCUT2D eigenvalue weighted by atomic mass is 9.69. The average Bonchev–Trinajstić information content (AvgIpc) is 3.39. The molecule has 0 saturated carbocycles. The first-order chi connectivity index (χ1) is 20.2. The lowest BCUT2D eigenvalue weighted by Crippen LogP contribution is -2.53. The zero-order valence-electron chi connectivity index (χ0n) is 23.7. The average molecular weight is 586 g/mol. The third-order valence-corrected chi connectivity index (χ3v) is 9.40. The number of thiophene rings is 1. The third kappa shape index (κ3) is 4.60. The number of carbonyl (C=O) groups is 2. The minimum atomic E-state index is -1.55. The second kappa shape index (κ2) is 11.0. The molecular weight excluding hydrogens is 550 g/mol. The van der Waals surface area contributed by atoms with Crippen LogP contribution in [0.4, 0.5) is 5.69 Å². The highest BCUT2D eigenvalue weighted by Crippen LogP contribution is 2.50. The predicted molar refractivity (Wildman–Crippen MR) is 165 cm³/mol. The van der Waals surface area contributed by atoms with E-state index in [1.165, 1.54) is 11.3 Å². The second-order valence-corrected chi connectivity index (χ2v) is 11.9. The van der Waals surface area contributed by atoms with E-state index >= 15 is 0 Å². The molecule has 8 N–H and O–H groups in total. The van der Waals surface area contributed by atoms with Gasteiger partial charge in [0, 0.05) is 29.2 Å².